The maximum Gasteiger partial charge on any atom is 0.251 e. The number of carbonyl (C=O) groups excluding carboxylic acids is 1. The van der Waals surface area contributed by atoms with Crippen LogP contribution in [0.3, 0.4) is 0 Å². The molecule has 26 heavy (non-hydrogen) atoms. The second-order valence-electron chi connectivity index (χ2n) is 5.82. The first-order valence-corrected chi connectivity index (χ1v) is 10.9. The fourth-order valence-corrected chi connectivity index (χ4v) is 3.64. The molecule has 2 aromatic carbocycles. The zero-order chi connectivity index (χ0) is 19.2. The summed E-state index contributed by atoms with van der Waals surface area (Å²) in [5.74, 6) is 0.276. The van der Waals surface area contributed by atoms with E-state index in [4.69, 9.17) is 0 Å². The molecule has 2 N–H and O–H groups in total. The average molecular weight is 397 g/mol. The van der Waals surface area contributed by atoms with Gasteiger partial charge in [0.05, 0.1) is 11.9 Å². The second kappa shape index (κ2) is 9.05. The van der Waals surface area contributed by atoms with Crippen LogP contribution < -0.4 is 10.0 Å². The zero-order valence-corrected chi connectivity index (χ0v) is 16.2. The third kappa shape index (κ3) is 6.68. The molecule has 0 atom stereocenters. The monoisotopic (exact) mass is 396 g/mol. The molecule has 140 valence electrons. The van der Waals surface area contributed by atoms with Gasteiger partial charge in [-0.2, -0.15) is 0 Å². The van der Waals surface area contributed by atoms with Gasteiger partial charge in [-0.3, -0.25) is 9.52 Å². The summed E-state index contributed by atoms with van der Waals surface area (Å²) in [6.07, 6.45) is 1.83. The summed E-state index contributed by atoms with van der Waals surface area (Å²) in [5, 5.41) is 2.81. The molecule has 0 aliphatic heterocycles. The van der Waals surface area contributed by atoms with Crippen LogP contribution in [-0.2, 0) is 10.0 Å². The normalized spacial score (nSPS) is 11.2. The molecule has 2 aromatic rings. The van der Waals surface area contributed by atoms with E-state index in [1.165, 1.54) is 18.2 Å². The maximum absolute atomic E-state index is 12.8. The summed E-state index contributed by atoms with van der Waals surface area (Å²) < 4.78 is 38.0. The summed E-state index contributed by atoms with van der Waals surface area (Å²) >= 11 is 1.59. The van der Waals surface area contributed by atoms with Crippen LogP contribution in [-0.4, -0.2) is 32.9 Å². The van der Waals surface area contributed by atoms with Crippen LogP contribution in [0.15, 0.2) is 47.4 Å². The molecule has 0 spiro atoms. The predicted molar refractivity (Wildman–Crippen MR) is 104 cm³/mol. The fourth-order valence-electron chi connectivity index (χ4n) is 2.17. The number of rotatable bonds is 8. The molecule has 0 aliphatic rings. The van der Waals surface area contributed by atoms with Gasteiger partial charge >= 0.3 is 0 Å². The number of hydrogen-bond acceptors (Lipinski definition) is 4. The Morgan fingerprint density at radius 2 is 1.85 bits per heavy atom. The van der Waals surface area contributed by atoms with Crippen LogP contribution in [0.25, 0.3) is 0 Å². The average Bonchev–Trinajstić information content (AvgIpc) is 2.57. The summed E-state index contributed by atoms with van der Waals surface area (Å²) in [7, 11) is -3.40. The van der Waals surface area contributed by atoms with E-state index in [0.29, 0.717) is 17.8 Å². The van der Waals surface area contributed by atoms with E-state index < -0.39 is 10.0 Å². The first-order chi connectivity index (χ1) is 12.2. The molecule has 0 unspecified atom stereocenters. The van der Waals surface area contributed by atoms with E-state index in [0.717, 1.165) is 28.9 Å². The molecule has 0 aliphatic carbocycles. The molecule has 0 saturated carbocycles. The number of sulfonamides is 1. The number of amides is 1. The number of aryl methyl sites for hydroxylation is 1. The molecule has 8 heteroatoms. The first kappa shape index (κ1) is 20.3. The van der Waals surface area contributed by atoms with Gasteiger partial charge in [0.25, 0.3) is 5.91 Å². The molecule has 0 radical (unpaired) electrons. The number of carbonyl (C=O) groups is 1. The van der Waals surface area contributed by atoms with Crippen LogP contribution >= 0.6 is 11.8 Å². The van der Waals surface area contributed by atoms with E-state index in [-0.39, 0.29) is 11.7 Å². The Morgan fingerprint density at radius 1 is 1.15 bits per heavy atom. The van der Waals surface area contributed by atoms with Gasteiger partial charge < -0.3 is 5.32 Å². The highest BCUT2D eigenvalue weighted by Gasteiger charge is 2.10. The van der Waals surface area contributed by atoms with Crippen LogP contribution in [0.5, 0.6) is 0 Å². The van der Waals surface area contributed by atoms with Gasteiger partial charge in [0, 0.05) is 17.0 Å². The highest BCUT2D eigenvalue weighted by Crippen LogP contribution is 2.19. The highest BCUT2D eigenvalue weighted by molar-refractivity contribution is 7.99. The minimum atomic E-state index is -3.40. The van der Waals surface area contributed by atoms with Gasteiger partial charge in [0.15, 0.2) is 0 Å². The van der Waals surface area contributed by atoms with Gasteiger partial charge in [0.1, 0.15) is 5.82 Å². The van der Waals surface area contributed by atoms with Crippen molar-refractivity contribution in [2.75, 3.05) is 23.3 Å². The lowest BCUT2D eigenvalue weighted by Crippen LogP contribution is -2.25. The SMILES string of the molecule is Cc1ccc(C(=O)NCCCSc2ccc(F)cc2)cc1NS(C)(=O)=O. The number of nitrogens with one attached hydrogen (secondary N) is 2. The number of hydrogen-bond donors (Lipinski definition) is 2. The zero-order valence-electron chi connectivity index (χ0n) is 14.6. The van der Waals surface area contributed by atoms with Gasteiger partial charge in [-0.1, -0.05) is 6.07 Å². The third-order valence-electron chi connectivity index (χ3n) is 3.48. The van der Waals surface area contributed by atoms with Crippen LogP contribution in [0, 0.1) is 12.7 Å². The standard InChI is InChI=1S/C18H21FN2O3S2/c1-13-4-5-14(12-17(13)21-26(2,23)24)18(22)20-10-3-11-25-16-8-6-15(19)7-9-16/h4-9,12,21H,3,10-11H2,1-2H3,(H,20,22). The molecular weight excluding hydrogens is 375 g/mol. The molecule has 0 bridgehead atoms. The molecule has 2 rings (SSSR count). The number of halogens is 1. The topological polar surface area (TPSA) is 75.3 Å². The lowest BCUT2D eigenvalue weighted by molar-refractivity contribution is 0.0954. The minimum absolute atomic E-state index is 0.256. The lowest BCUT2D eigenvalue weighted by atomic mass is 10.1. The summed E-state index contributed by atoms with van der Waals surface area (Å²) in [5.41, 5.74) is 1.53. The number of benzene rings is 2. The molecular formula is C18H21FN2O3S2. The van der Waals surface area contributed by atoms with Crippen LogP contribution in [0.4, 0.5) is 10.1 Å². The van der Waals surface area contributed by atoms with Crippen molar-refractivity contribution >= 4 is 33.4 Å². The van der Waals surface area contributed by atoms with Crippen molar-refractivity contribution in [1.29, 1.82) is 0 Å². The predicted octanol–water partition coefficient (Wildman–Crippen LogP) is 3.42. The second-order valence-corrected chi connectivity index (χ2v) is 8.73. The van der Waals surface area contributed by atoms with Crippen molar-refractivity contribution in [1.82, 2.24) is 5.32 Å². The van der Waals surface area contributed by atoms with Crippen molar-refractivity contribution in [2.45, 2.75) is 18.2 Å². The molecule has 0 saturated heterocycles. The molecule has 0 aromatic heterocycles. The summed E-state index contributed by atoms with van der Waals surface area (Å²) in [6.45, 7) is 2.26. The van der Waals surface area contributed by atoms with Crippen LogP contribution in [0.2, 0.25) is 0 Å². The van der Waals surface area contributed by atoms with Crippen molar-refractivity contribution in [3.8, 4) is 0 Å². The lowest BCUT2D eigenvalue weighted by Gasteiger charge is -2.10. The van der Waals surface area contributed by atoms with Gasteiger partial charge in [-0.05, 0) is 61.1 Å². The summed E-state index contributed by atoms with van der Waals surface area (Å²) in [6, 6.07) is 11.2. The van der Waals surface area contributed by atoms with Crippen molar-refractivity contribution in [3.63, 3.8) is 0 Å². The van der Waals surface area contributed by atoms with E-state index in [9.17, 15) is 17.6 Å². The van der Waals surface area contributed by atoms with Crippen molar-refractivity contribution in [2.24, 2.45) is 0 Å². The van der Waals surface area contributed by atoms with Gasteiger partial charge in [-0.25, -0.2) is 12.8 Å². The van der Waals surface area contributed by atoms with E-state index in [1.807, 2.05) is 0 Å². The highest BCUT2D eigenvalue weighted by atomic mass is 32.2. The largest absolute Gasteiger partial charge is 0.352 e. The smallest absolute Gasteiger partial charge is 0.251 e. The van der Waals surface area contributed by atoms with Gasteiger partial charge in [0.2, 0.25) is 10.0 Å². The quantitative estimate of drug-likeness (QED) is 0.530. The fraction of sp³-hybridized carbons (Fsp3) is 0.278. The number of thioether (sulfide) groups is 1. The van der Waals surface area contributed by atoms with Crippen molar-refractivity contribution in [3.05, 3.63) is 59.4 Å². The molecule has 0 fully saturated rings. The number of anilines is 1. The van der Waals surface area contributed by atoms with E-state index >= 15 is 0 Å². The van der Waals surface area contributed by atoms with Gasteiger partial charge in [-0.15, -0.1) is 11.8 Å². The Kier molecular flexibility index (Phi) is 7.05. The Bertz CT molecular complexity index is 869. The first-order valence-electron chi connectivity index (χ1n) is 7.99. The molecule has 0 heterocycles. The Hall–Kier alpha value is -2.06. The maximum atomic E-state index is 12.8. The van der Waals surface area contributed by atoms with Crippen molar-refractivity contribution < 1.29 is 17.6 Å². The minimum Gasteiger partial charge on any atom is -0.352 e. The van der Waals surface area contributed by atoms with E-state index in [2.05, 4.69) is 10.0 Å². The third-order valence-corrected chi connectivity index (χ3v) is 5.17. The molecule has 1 amide bonds. The molecule has 5 nitrogen and oxygen atoms in total. The summed E-state index contributed by atoms with van der Waals surface area (Å²) in [4.78, 5) is 13.2. The Morgan fingerprint density at radius 3 is 2.50 bits per heavy atom. The van der Waals surface area contributed by atoms with Crippen LogP contribution in [0.1, 0.15) is 22.3 Å². The van der Waals surface area contributed by atoms with E-state index in [1.54, 1.807) is 43.0 Å². The Labute approximate surface area is 157 Å². The Balaban J connectivity index is 1.82.